The van der Waals surface area contributed by atoms with Gasteiger partial charge in [0.2, 0.25) is 5.88 Å². The molecular formula is C26H32BrN5O3. The van der Waals surface area contributed by atoms with Gasteiger partial charge < -0.3 is 20.5 Å². The van der Waals surface area contributed by atoms with Gasteiger partial charge >= 0.3 is 5.97 Å². The Bertz CT molecular complexity index is 1190. The molecule has 0 aliphatic heterocycles. The van der Waals surface area contributed by atoms with Crippen LogP contribution in [0, 0.1) is 18.8 Å². The summed E-state index contributed by atoms with van der Waals surface area (Å²) in [6, 6.07) is 9.36. The van der Waals surface area contributed by atoms with Crippen LogP contribution in [0.2, 0.25) is 0 Å². The van der Waals surface area contributed by atoms with Crippen molar-refractivity contribution in [3.05, 3.63) is 52.3 Å². The maximum absolute atomic E-state index is 12.0. The number of aromatic nitrogens is 3. The number of nitrogens with two attached hydrogens (primary N) is 1. The smallest absolute Gasteiger partial charge is 0.337 e. The fraction of sp³-hybridized carbons (Fsp3) is 0.423. The van der Waals surface area contributed by atoms with Crippen molar-refractivity contribution in [2.24, 2.45) is 18.9 Å². The number of pyridine rings is 1. The Morgan fingerprint density at radius 3 is 2.83 bits per heavy atom. The maximum Gasteiger partial charge on any atom is 0.337 e. The van der Waals surface area contributed by atoms with Crippen LogP contribution >= 0.6 is 15.9 Å². The summed E-state index contributed by atoms with van der Waals surface area (Å²) in [7, 11) is 3.21. The topological polar surface area (TPSA) is 104 Å². The van der Waals surface area contributed by atoms with E-state index in [1.807, 2.05) is 32.2 Å². The summed E-state index contributed by atoms with van der Waals surface area (Å²) in [6.45, 7) is 3.32. The van der Waals surface area contributed by atoms with E-state index in [0.717, 1.165) is 52.4 Å². The van der Waals surface area contributed by atoms with E-state index in [0.29, 0.717) is 29.7 Å². The molecule has 3 aromatic rings. The van der Waals surface area contributed by atoms with E-state index in [1.54, 1.807) is 23.0 Å². The Morgan fingerprint density at radius 1 is 1.31 bits per heavy atom. The van der Waals surface area contributed by atoms with E-state index in [9.17, 15) is 4.79 Å². The summed E-state index contributed by atoms with van der Waals surface area (Å²) >= 11 is 3.46. The molecule has 1 aliphatic carbocycles. The Labute approximate surface area is 214 Å². The van der Waals surface area contributed by atoms with Crippen molar-refractivity contribution < 1.29 is 14.3 Å². The van der Waals surface area contributed by atoms with Crippen LogP contribution in [0.3, 0.4) is 0 Å². The molecule has 3 N–H and O–H groups in total. The molecule has 9 heteroatoms. The highest BCUT2D eigenvalue weighted by atomic mass is 79.9. The molecule has 0 bridgehead atoms. The number of ether oxygens (including phenoxy) is 2. The van der Waals surface area contributed by atoms with E-state index >= 15 is 0 Å². The zero-order valence-electron chi connectivity index (χ0n) is 20.4. The molecule has 2 heterocycles. The zero-order valence-corrected chi connectivity index (χ0v) is 22.0. The molecule has 2 aromatic heterocycles. The molecule has 0 unspecified atom stereocenters. The fourth-order valence-corrected chi connectivity index (χ4v) is 4.72. The third kappa shape index (κ3) is 6.33. The highest BCUT2D eigenvalue weighted by Crippen LogP contribution is 2.39. The van der Waals surface area contributed by atoms with Crippen LogP contribution < -0.4 is 15.8 Å². The summed E-state index contributed by atoms with van der Waals surface area (Å²) < 4.78 is 13.7. The van der Waals surface area contributed by atoms with Gasteiger partial charge in [-0.2, -0.15) is 5.10 Å². The van der Waals surface area contributed by atoms with Crippen molar-refractivity contribution in [2.45, 2.75) is 32.6 Å². The monoisotopic (exact) mass is 541 g/mol. The van der Waals surface area contributed by atoms with Crippen LogP contribution in [0.4, 0.5) is 11.4 Å². The van der Waals surface area contributed by atoms with E-state index in [2.05, 4.69) is 31.3 Å². The number of esters is 1. The van der Waals surface area contributed by atoms with Crippen molar-refractivity contribution in [2.75, 3.05) is 31.3 Å². The molecule has 0 saturated heterocycles. The third-order valence-electron chi connectivity index (χ3n) is 6.35. The molecule has 1 fully saturated rings. The van der Waals surface area contributed by atoms with Crippen LogP contribution in [0.15, 0.2) is 41.0 Å². The number of carbonyl (C=O) groups excluding carboxylic acids is 1. The van der Waals surface area contributed by atoms with Gasteiger partial charge in [0.25, 0.3) is 0 Å². The van der Waals surface area contributed by atoms with Crippen molar-refractivity contribution in [1.29, 1.82) is 0 Å². The number of benzene rings is 1. The normalized spacial score (nSPS) is 13.9. The fourth-order valence-electron chi connectivity index (χ4n) is 4.34. The van der Waals surface area contributed by atoms with Crippen molar-refractivity contribution in [3.63, 3.8) is 0 Å². The van der Waals surface area contributed by atoms with Crippen LogP contribution in [-0.2, 0) is 11.8 Å². The number of hydrogen-bond donors (Lipinski definition) is 2. The summed E-state index contributed by atoms with van der Waals surface area (Å²) in [4.78, 5) is 16.6. The lowest BCUT2D eigenvalue weighted by Gasteiger charge is -2.19. The van der Waals surface area contributed by atoms with Crippen LogP contribution in [0.5, 0.6) is 5.88 Å². The zero-order chi connectivity index (χ0) is 24.9. The van der Waals surface area contributed by atoms with Crippen molar-refractivity contribution >= 4 is 33.3 Å². The second-order valence-corrected chi connectivity index (χ2v) is 9.98. The standard InChI is InChI=1S/C26H32BrN5O3/c1-16-11-19(26(33)34-3)12-24(31-16)21-15-30-32(2)25(21)35-10-4-5-18(17-6-7-17)14-29-23-9-8-20(27)13-22(23)28/h8-9,11-13,15,17-18,29H,4-7,10,14,28H2,1-3H3/t18-/m1/s1. The predicted octanol–water partition coefficient (Wildman–Crippen LogP) is 5.22. The van der Waals surface area contributed by atoms with Crippen molar-refractivity contribution in [1.82, 2.24) is 14.8 Å². The average molecular weight is 542 g/mol. The molecule has 1 saturated carbocycles. The number of methoxy groups -OCH3 is 1. The number of anilines is 2. The van der Waals surface area contributed by atoms with Gasteiger partial charge in [0, 0.05) is 23.8 Å². The molecular weight excluding hydrogens is 510 g/mol. The Kier molecular flexibility index (Phi) is 7.95. The number of halogens is 1. The average Bonchev–Trinajstić information content (AvgIpc) is 3.61. The molecule has 35 heavy (non-hydrogen) atoms. The van der Waals surface area contributed by atoms with E-state index < -0.39 is 5.97 Å². The Morgan fingerprint density at radius 2 is 2.11 bits per heavy atom. The number of carbonyl (C=O) groups is 1. The summed E-state index contributed by atoms with van der Waals surface area (Å²) in [5.41, 5.74) is 10.4. The Balaban J connectivity index is 1.36. The molecule has 4 rings (SSSR count). The largest absolute Gasteiger partial charge is 0.477 e. The number of nitrogens with zero attached hydrogens (tertiary/aromatic N) is 3. The molecule has 186 valence electrons. The molecule has 1 aromatic carbocycles. The number of nitrogen functional groups attached to an aromatic ring is 1. The first-order valence-electron chi connectivity index (χ1n) is 11.9. The molecule has 8 nitrogen and oxygen atoms in total. The van der Waals surface area contributed by atoms with E-state index in [4.69, 9.17) is 15.2 Å². The highest BCUT2D eigenvalue weighted by Gasteiger charge is 2.30. The van der Waals surface area contributed by atoms with Gasteiger partial charge in [-0.05, 0) is 74.8 Å². The van der Waals surface area contributed by atoms with Gasteiger partial charge in [-0.3, -0.25) is 4.98 Å². The Hall–Kier alpha value is -3.07. The summed E-state index contributed by atoms with van der Waals surface area (Å²) in [6.07, 6.45) is 6.29. The number of hydrogen-bond acceptors (Lipinski definition) is 7. The SMILES string of the molecule is COC(=O)c1cc(C)nc(-c2cnn(C)c2OCCC[C@H](CNc2ccc(Br)cc2N)C2CC2)c1. The first kappa shape index (κ1) is 25.0. The van der Waals surface area contributed by atoms with Gasteiger partial charge in [-0.25, -0.2) is 9.48 Å². The quantitative estimate of drug-likeness (QED) is 0.195. The van der Waals surface area contributed by atoms with Gasteiger partial charge in [-0.1, -0.05) is 15.9 Å². The molecule has 0 amide bonds. The van der Waals surface area contributed by atoms with Crippen LogP contribution in [0.1, 0.15) is 41.7 Å². The lowest BCUT2D eigenvalue weighted by Crippen LogP contribution is -2.18. The number of rotatable bonds is 11. The molecule has 0 radical (unpaired) electrons. The van der Waals surface area contributed by atoms with Crippen molar-refractivity contribution in [3.8, 4) is 17.1 Å². The lowest BCUT2D eigenvalue weighted by molar-refractivity contribution is 0.0600. The first-order chi connectivity index (χ1) is 16.9. The second kappa shape index (κ2) is 11.1. The molecule has 0 spiro atoms. The third-order valence-corrected chi connectivity index (χ3v) is 6.84. The minimum absolute atomic E-state index is 0.396. The summed E-state index contributed by atoms with van der Waals surface area (Å²) in [5.74, 6) is 1.59. The van der Waals surface area contributed by atoms with E-state index in [1.165, 1.54) is 20.0 Å². The second-order valence-electron chi connectivity index (χ2n) is 9.06. The van der Waals surface area contributed by atoms with Gasteiger partial charge in [-0.15, -0.1) is 0 Å². The van der Waals surface area contributed by atoms with Gasteiger partial charge in [0.05, 0.1) is 48.1 Å². The first-order valence-corrected chi connectivity index (χ1v) is 12.7. The summed E-state index contributed by atoms with van der Waals surface area (Å²) in [5, 5.41) is 7.89. The molecule has 1 atom stereocenters. The highest BCUT2D eigenvalue weighted by molar-refractivity contribution is 9.10. The van der Waals surface area contributed by atoms with Crippen LogP contribution in [0.25, 0.3) is 11.3 Å². The van der Waals surface area contributed by atoms with Gasteiger partial charge in [0.1, 0.15) is 0 Å². The molecule has 1 aliphatic rings. The lowest BCUT2D eigenvalue weighted by atomic mass is 9.97. The predicted molar refractivity (Wildman–Crippen MR) is 141 cm³/mol. The van der Waals surface area contributed by atoms with E-state index in [-0.39, 0.29) is 0 Å². The minimum atomic E-state index is -0.396. The maximum atomic E-state index is 12.0. The number of aryl methyl sites for hydroxylation is 2. The van der Waals surface area contributed by atoms with Gasteiger partial charge in [0.15, 0.2) is 0 Å². The number of nitrogens with one attached hydrogen (secondary N) is 1. The van der Waals surface area contributed by atoms with Crippen LogP contribution in [-0.4, -0.2) is 41.0 Å². The minimum Gasteiger partial charge on any atom is -0.477 e.